The average molecular weight is 453 g/mol. The molecule has 3 rings (SSSR count). The van der Waals surface area contributed by atoms with E-state index < -0.39 is 17.6 Å². The lowest BCUT2D eigenvalue weighted by Crippen LogP contribution is -2.30. The Morgan fingerprint density at radius 1 is 0.969 bits per heavy atom. The van der Waals surface area contributed by atoms with Crippen molar-refractivity contribution in [2.75, 3.05) is 13.3 Å². The molecule has 2 aliphatic rings. The molecule has 0 spiro atoms. The third-order valence-electron chi connectivity index (χ3n) is 7.02. The summed E-state index contributed by atoms with van der Waals surface area (Å²) in [4.78, 5) is 12.5. The van der Waals surface area contributed by atoms with Gasteiger partial charge in [0.05, 0.1) is 19.2 Å². The van der Waals surface area contributed by atoms with Crippen LogP contribution in [0.5, 0.6) is 11.5 Å². The summed E-state index contributed by atoms with van der Waals surface area (Å²) in [6.45, 7) is 1.65. The Balaban J connectivity index is 1.43. The SMILES string of the molecule is CCOc1ccc(OC(=O)C2CCC(C3CCC(C=CCCCF)CC3)CC2)c(F)c1F. The highest BCUT2D eigenvalue weighted by atomic mass is 19.2. The number of halogens is 3. The molecule has 2 fully saturated rings. The number of unbranched alkanes of at least 4 members (excludes halogenated alkanes) is 1. The molecule has 0 atom stereocenters. The van der Waals surface area contributed by atoms with Gasteiger partial charge in [0.25, 0.3) is 0 Å². The normalized spacial score (nSPS) is 26.2. The smallest absolute Gasteiger partial charge is 0.314 e. The summed E-state index contributed by atoms with van der Waals surface area (Å²) in [5.74, 6) is -1.70. The molecule has 1 aromatic carbocycles. The third kappa shape index (κ3) is 6.52. The van der Waals surface area contributed by atoms with Gasteiger partial charge in [0.2, 0.25) is 11.6 Å². The minimum Gasteiger partial charge on any atom is -0.491 e. The van der Waals surface area contributed by atoms with Crippen LogP contribution in [0.25, 0.3) is 0 Å². The number of hydrogen-bond acceptors (Lipinski definition) is 3. The number of benzene rings is 1. The van der Waals surface area contributed by atoms with Gasteiger partial charge in [-0.2, -0.15) is 8.78 Å². The minimum atomic E-state index is -1.19. The Labute approximate surface area is 189 Å². The monoisotopic (exact) mass is 452 g/mol. The van der Waals surface area contributed by atoms with Crippen LogP contribution in [0.15, 0.2) is 24.3 Å². The number of carbonyl (C=O) groups is 1. The number of esters is 1. The molecule has 0 saturated heterocycles. The first-order valence-corrected chi connectivity index (χ1v) is 12.1. The van der Waals surface area contributed by atoms with Crippen molar-refractivity contribution in [1.82, 2.24) is 0 Å². The third-order valence-corrected chi connectivity index (χ3v) is 7.02. The van der Waals surface area contributed by atoms with Crippen molar-refractivity contribution in [2.24, 2.45) is 23.7 Å². The molecule has 32 heavy (non-hydrogen) atoms. The van der Waals surface area contributed by atoms with E-state index in [4.69, 9.17) is 9.47 Å². The van der Waals surface area contributed by atoms with Gasteiger partial charge in [-0.25, -0.2) is 0 Å². The van der Waals surface area contributed by atoms with Crippen LogP contribution in [0.3, 0.4) is 0 Å². The Bertz CT molecular complexity index is 764. The van der Waals surface area contributed by atoms with Crippen LogP contribution in [0.1, 0.15) is 71.1 Å². The van der Waals surface area contributed by atoms with Crippen molar-refractivity contribution < 1.29 is 27.4 Å². The second-order valence-electron chi connectivity index (χ2n) is 9.09. The first-order chi connectivity index (χ1) is 15.5. The standard InChI is InChI=1S/C26H35F3O3/c1-2-31-22-15-16-23(25(29)24(22)28)32-26(30)21-13-11-20(12-14-21)19-9-7-18(8-10-19)6-4-3-5-17-27/h4,6,15-16,18-21H,2-3,5,7-14,17H2,1H3. The second-order valence-corrected chi connectivity index (χ2v) is 9.09. The molecule has 2 aliphatic carbocycles. The predicted molar refractivity (Wildman–Crippen MR) is 118 cm³/mol. The van der Waals surface area contributed by atoms with Crippen molar-refractivity contribution in [2.45, 2.75) is 71.1 Å². The lowest BCUT2D eigenvalue weighted by molar-refractivity contribution is -0.140. The zero-order valence-corrected chi connectivity index (χ0v) is 19.0. The van der Waals surface area contributed by atoms with Crippen LogP contribution in [-0.2, 0) is 4.79 Å². The quantitative estimate of drug-likeness (QED) is 0.172. The van der Waals surface area contributed by atoms with Crippen molar-refractivity contribution in [3.05, 3.63) is 35.9 Å². The molecule has 0 aliphatic heterocycles. The van der Waals surface area contributed by atoms with E-state index >= 15 is 0 Å². The topological polar surface area (TPSA) is 35.5 Å². The van der Waals surface area contributed by atoms with Crippen molar-refractivity contribution in [3.8, 4) is 11.5 Å². The highest BCUT2D eigenvalue weighted by Crippen LogP contribution is 2.42. The molecule has 0 unspecified atom stereocenters. The van der Waals surface area contributed by atoms with E-state index in [1.165, 1.54) is 37.8 Å². The molecular weight excluding hydrogens is 417 g/mol. The summed E-state index contributed by atoms with van der Waals surface area (Å²) in [5.41, 5.74) is 0. The highest BCUT2D eigenvalue weighted by Gasteiger charge is 2.33. The zero-order chi connectivity index (χ0) is 22.9. The van der Waals surface area contributed by atoms with Crippen molar-refractivity contribution >= 4 is 5.97 Å². The predicted octanol–water partition coefficient (Wildman–Crippen LogP) is 7.19. The Hall–Kier alpha value is -1.98. The fourth-order valence-electron chi connectivity index (χ4n) is 5.17. The molecule has 0 aromatic heterocycles. The van der Waals surface area contributed by atoms with Crippen molar-refractivity contribution in [3.63, 3.8) is 0 Å². The number of hydrogen-bond donors (Lipinski definition) is 0. The number of allylic oxidation sites excluding steroid dienone is 2. The molecule has 0 N–H and O–H groups in total. The van der Waals surface area contributed by atoms with E-state index in [1.54, 1.807) is 6.92 Å². The van der Waals surface area contributed by atoms with E-state index in [1.807, 2.05) is 0 Å². The van der Waals surface area contributed by atoms with Crippen LogP contribution >= 0.6 is 0 Å². The lowest BCUT2D eigenvalue weighted by Gasteiger charge is -2.36. The molecule has 0 heterocycles. The van der Waals surface area contributed by atoms with Gasteiger partial charge < -0.3 is 9.47 Å². The van der Waals surface area contributed by atoms with Gasteiger partial charge in [-0.15, -0.1) is 0 Å². The fraction of sp³-hybridized carbons (Fsp3) is 0.654. The number of carbonyl (C=O) groups excluding carboxylic acids is 1. The maximum Gasteiger partial charge on any atom is 0.314 e. The first-order valence-electron chi connectivity index (χ1n) is 12.1. The van der Waals surface area contributed by atoms with Crippen LogP contribution in [0.2, 0.25) is 0 Å². The molecular formula is C26H35F3O3. The highest BCUT2D eigenvalue weighted by molar-refractivity contribution is 5.75. The number of ether oxygens (including phenoxy) is 2. The van der Waals surface area contributed by atoms with Crippen molar-refractivity contribution in [1.29, 1.82) is 0 Å². The van der Waals surface area contributed by atoms with E-state index in [2.05, 4.69) is 12.2 Å². The molecule has 0 bridgehead atoms. The molecule has 178 valence electrons. The van der Waals surface area contributed by atoms with Crippen LogP contribution in [-0.4, -0.2) is 19.3 Å². The van der Waals surface area contributed by atoms with Gasteiger partial charge in [-0.3, -0.25) is 9.18 Å². The molecule has 0 radical (unpaired) electrons. The van der Waals surface area contributed by atoms with E-state index in [-0.39, 0.29) is 30.7 Å². The Morgan fingerprint density at radius 3 is 2.19 bits per heavy atom. The summed E-state index contributed by atoms with van der Waals surface area (Å²) < 4.78 is 50.6. The van der Waals surface area contributed by atoms with Crippen LogP contribution < -0.4 is 9.47 Å². The Morgan fingerprint density at radius 2 is 1.56 bits per heavy atom. The van der Waals surface area contributed by atoms with Gasteiger partial charge in [0.1, 0.15) is 0 Å². The molecule has 3 nitrogen and oxygen atoms in total. The summed E-state index contributed by atoms with van der Waals surface area (Å²) in [7, 11) is 0. The molecule has 0 amide bonds. The average Bonchev–Trinajstić information content (AvgIpc) is 2.82. The Kier molecular flexibility index (Phi) is 9.49. The van der Waals surface area contributed by atoms with Crippen LogP contribution in [0, 0.1) is 35.3 Å². The minimum absolute atomic E-state index is 0.185. The molecule has 6 heteroatoms. The van der Waals surface area contributed by atoms with Gasteiger partial charge in [0, 0.05) is 0 Å². The number of alkyl halides is 1. The summed E-state index contributed by atoms with van der Waals surface area (Å²) in [6, 6.07) is 2.53. The van der Waals surface area contributed by atoms with Crippen LogP contribution in [0.4, 0.5) is 13.2 Å². The first kappa shape index (κ1) is 24.7. The maximum absolute atomic E-state index is 14.2. The molecule has 1 aromatic rings. The number of rotatable bonds is 9. The maximum atomic E-state index is 14.2. The lowest BCUT2D eigenvalue weighted by atomic mass is 9.69. The summed E-state index contributed by atoms with van der Waals surface area (Å²) >= 11 is 0. The summed E-state index contributed by atoms with van der Waals surface area (Å²) in [6.07, 6.45) is 14.0. The van der Waals surface area contributed by atoms with E-state index in [9.17, 15) is 18.0 Å². The zero-order valence-electron chi connectivity index (χ0n) is 19.0. The van der Waals surface area contributed by atoms with Gasteiger partial charge in [-0.1, -0.05) is 12.2 Å². The van der Waals surface area contributed by atoms with Gasteiger partial charge in [0.15, 0.2) is 11.5 Å². The fourth-order valence-corrected chi connectivity index (χ4v) is 5.17. The van der Waals surface area contributed by atoms with Gasteiger partial charge in [-0.05, 0) is 101 Å². The largest absolute Gasteiger partial charge is 0.491 e. The summed E-state index contributed by atoms with van der Waals surface area (Å²) in [5, 5.41) is 0. The van der Waals surface area contributed by atoms with Gasteiger partial charge >= 0.3 is 5.97 Å². The van der Waals surface area contributed by atoms with E-state index in [0.717, 1.165) is 32.1 Å². The second kappa shape index (κ2) is 12.3. The van der Waals surface area contributed by atoms with E-state index in [0.29, 0.717) is 24.2 Å². The molecule has 2 saturated carbocycles.